The zero-order valence-corrected chi connectivity index (χ0v) is 13.6. The molecule has 1 rings (SSSR count). The van der Waals surface area contributed by atoms with Gasteiger partial charge in [0.05, 0.1) is 6.20 Å². The number of aromatic carboxylic acids is 1. The van der Waals surface area contributed by atoms with E-state index in [9.17, 15) is 4.79 Å². The van der Waals surface area contributed by atoms with Crippen LogP contribution in [0.15, 0.2) is 6.20 Å². The summed E-state index contributed by atoms with van der Waals surface area (Å²) in [4.78, 5) is 15.1. The van der Waals surface area contributed by atoms with Gasteiger partial charge in [-0.1, -0.05) is 64.7 Å². The quantitative estimate of drug-likeness (QED) is 0.563. The maximum absolute atomic E-state index is 11.1. The minimum Gasteiger partial charge on any atom is -0.477 e. The first-order valence-corrected chi connectivity index (χ1v) is 8.42. The van der Waals surface area contributed by atoms with Crippen molar-refractivity contribution in [2.24, 2.45) is 0 Å². The molecule has 0 aliphatic carbocycles. The summed E-state index contributed by atoms with van der Waals surface area (Å²) in [6, 6.07) is 0. The van der Waals surface area contributed by atoms with Gasteiger partial charge in [0.25, 0.3) is 0 Å². The number of carboxylic acids is 1. The Bertz CT molecular complexity index is 413. The van der Waals surface area contributed by atoms with Crippen LogP contribution < -0.4 is 0 Å². The molecule has 0 fully saturated rings. The molecule has 120 valence electrons. The van der Waals surface area contributed by atoms with E-state index in [2.05, 4.69) is 11.9 Å². The Morgan fingerprint density at radius 2 is 1.57 bits per heavy atom. The minimum atomic E-state index is -0.886. The van der Waals surface area contributed by atoms with Gasteiger partial charge in [-0.05, 0) is 13.3 Å². The van der Waals surface area contributed by atoms with Gasteiger partial charge in [-0.2, -0.15) is 0 Å². The summed E-state index contributed by atoms with van der Waals surface area (Å²) in [5.41, 5.74) is 0.309. The Balaban J connectivity index is 2.07. The van der Waals surface area contributed by atoms with Crippen molar-refractivity contribution in [3.8, 4) is 0 Å². The highest BCUT2D eigenvalue weighted by atomic mass is 16.4. The van der Waals surface area contributed by atoms with Gasteiger partial charge in [-0.25, -0.2) is 9.78 Å². The number of carboxylic acid groups (broad SMARTS) is 1. The second-order valence-electron chi connectivity index (χ2n) is 5.83. The van der Waals surface area contributed by atoms with Crippen molar-refractivity contribution in [2.75, 3.05) is 0 Å². The van der Waals surface area contributed by atoms with Crippen molar-refractivity contribution < 1.29 is 9.90 Å². The number of carbonyl (C=O) groups is 1. The molecule has 1 N–H and O–H groups in total. The molecule has 0 atom stereocenters. The predicted octanol–water partition coefficient (Wildman–Crippen LogP) is 4.81. The molecule has 1 aromatic heterocycles. The number of imidazole rings is 1. The van der Waals surface area contributed by atoms with Gasteiger partial charge in [0.15, 0.2) is 0 Å². The third kappa shape index (κ3) is 6.78. The molecule has 0 saturated carbocycles. The third-order valence-corrected chi connectivity index (χ3v) is 4.01. The lowest BCUT2D eigenvalue weighted by Crippen LogP contribution is -2.10. The fourth-order valence-corrected chi connectivity index (χ4v) is 2.68. The SMILES string of the molecule is CCCCCCCCCCCCn1c(C(=O)O)cnc1C. The largest absolute Gasteiger partial charge is 0.477 e. The van der Waals surface area contributed by atoms with E-state index in [1.807, 2.05) is 11.5 Å². The molecule has 0 aliphatic heterocycles. The summed E-state index contributed by atoms with van der Waals surface area (Å²) in [5.74, 6) is -0.0917. The summed E-state index contributed by atoms with van der Waals surface area (Å²) in [6.45, 7) is 4.88. The summed E-state index contributed by atoms with van der Waals surface area (Å²) in [7, 11) is 0. The molecular weight excluding hydrogens is 264 g/mol. The van der Waals surface area contributed by atoms with Crippen LogP contribution in [0.5, 0.6) is 0 Å². The number of aromatic nitrogens is 2. The van der Waals surface area contributed by atoms with Crippen molar-refractivity contribution in [3.63, 3.8) is 0 Å². The zero-order chi connectivity index (χ0) is 15.5. The van der Waals surface area contributed by atoms with E-state index in [1.165, 1.54) is 64.0 Å². The van der Waals surface area contributed by atoms with Gasteiger partial charge in [0.1, 0.15) is 11.5 Å². The van der Waals surface area contributed by atoms with E-state index in [1.54, 1.807) is 0 Å². The minimum absolute atomic E-state index is 0.309. The number of hydrogen-bond acceptors (Lipinski definition) is 2. The summed E-state index contributed by atoms with van der Waals surface area (Å²) < 4.78 is 1.81. The molecule has 0 aromatic carbocycles. The first-order valence-electron chi connectivity index (χ1n) is 8.42. The van der Waals surface area contributed by atoms with E-state index in [0.717, 1.165) is 18.8 Å². The Kier molecular flexibility index (Phi) is 8.79. The molecule has 1 heterocycles. The Labute approximate surface area is 128 Å². The molecule has 4 heteroatoms. The van der Waals surface area contributed by atoms with Gasteiger partial charge in [-0.15, -0.1) is 0 Å². The first kappa shape index (κ1) is 17.7. The highest BCUT2D eigenvalue weighted by Gasteiger charge is 2.12. The highest BCUT2D eigenvalue weighted by molar-refractivity contribution is 5.85. The predicted molar refractivity (Wildman–Crippen MR) is 85.8 cm³/mol. The molecule has 0 amide bonds. The van der Waals surface area contributed by atoms with Gasteiger partial charge in [-0.3, -0.25) is 0 Å². The molecule has 21 heavy (non-hydrogen) atoms. The normalized spacial score (nSPS) is 11.0. The molecule has 0 unspecified atom stereocenters. The molecule has 0 aliphatic rings. The van der Waals surface area contributed by atoms with E-state index in [4.69, 9.17) is 5.11 Å². The third-order valence-electron chi connectivity index (χ3n) is 4.01. The monoisotopic (exact) mass is 294 g/mol. The summed E-state index contributed by atoms with van der Waals surface area (Å²) in [5, 5.41) is 9.08. The van der Waals surface area contributed by atoms with Crippen molar-refractivity contribution in [1.29, 1.82) is 0 Å². The number of hydrogen-bond donors (Lipinski definition) is 1. The standard InChI is InChI=1S/C17H30N2O2/c1-3-4-5-6-7-8-9-10-11-12-13-19-15(2)18-14-16(19)17(20)21/h14H,3-13H2,1-2H3,(H,20,21). The van der Waals surface area contributed by atoms with Gasteiger partial charge < -0.3 is 9.67 Å². The Morgan fingerprint density at radius 3 is 2.10 bits per heavy atom. The van der Waals surface area contributed by atoms with E-state index >= 15 is 0 Å². The smallest absolute Gasteiger partial charge is 0.354 e. The second-order valence-corrected chi connectivity index (χ2v) is 5.83. The summed E-state index contributed by atoms with van der Waals surface area (Å²) >= 11 is 0. The van der Waals surface area contributed by atoms with Crippen molar-refractivity contribution in [1.82, 2.24) is 9.55 Å². The fraction of sp³-hybridized carbons (Fsp3) is 0.765. The number of nitrogens with zero attached hydrogens (tertiary/aromatic N) is 2. The van der Waals surface area contributed by atoms with Crippen LogP contribution in [0.2, 0.25) is 0 Å². The van der Waals surface area contributed by atoms with Crippen LogP contribution in [-0.2, 0) is 6.54 Å². The molecule has 4 nitrogen and oxygen atoms in total. The highest BCUT2D eigenvalue weighted by Crippen LogP contribution is 2.12. The van der Waals surface area contributed by atoms with Crippen LogP contribution in [0, 0.1) is 6.92 Å². The Morgan fingerprint density at radius 1 is 1.05 bits per heavy atom. The topological polar surface area (TPSA) is 55.1 Å². The van der Waals surface area contributed by atoms with E-state index < -0.39 is 5.97 Å². The molecular formula is C17H30N2O2. The van der Waals surface area contributed by atoms with Gasteiger partial charge in [0, 0.05) is 6.54 Å². The van der Waals surface area contributed by atoms with Crippen LogP contribution in [-0.4, -0.2) is 20.6 Å². The maximum Gasteiger partial charge on any atom is 0.354 e. The molecule has 0 bridgehead atoms. The van der Waals surface area contributed by atoms with Crippen LogP contribution in [0.4, 0.5) is 0 Å². The lowest BCUT2D eigenvalue weighted by molar-refractivity contribution is 0.0684. The van der Waals surface area contributed by atoms with Crippen LogP contribution in [0.25, 0.3) is 0 Å². The average Bonchev–Trinajstić information content (AvgIpc) is 2.82. The number of unbranched alkanes of at least 4 members (excludes halogenated alkanes) is 9. The Hall–Kier alpha value is -1.32. The van der Waals surface area contributed by atoms with E-state index in [-0.39, 0.29) is 0 Å². The number of aryl methyl sites for hydroxylation is 1. The van der Waals surface area contributed by atoms with E-state index in [0.29, 0.717) is 5.69 Å². The van der Waals surface area contributed by atoms with Gasteiger partial charge >= 0.3 is 5.97 Å². The molecule has 0 saturated heterocycles. The van der Waals surface area contributed by atoms with Gasteiger partial charge in [0.2, 0.25) is 0 Å². The number of rotatable bonds is 12. The second kappa shape index (κ2) is 10.4. The van der Waals surface area contributed by atoms with Crippen LogP contribution in [0.1, 0.15) is 87.4 Å². The summed E-state index contributed by atoms with van der Waals surface area (Å²) in [6.07, 6.45) is 14.4. The lowest BCUT2D eigenvalue weighted by atomic mass is 10.1. The van der Waals surface area contributed by atoms with Crippen LogP contribution >= 0.6 is 0 Å². The van der Waals surface area contributed by atoms with Crippen molar-refractivity contribution >= 4 is 5.97 Å². The molecule has 0 radical (unpaired) electrons. The fourth-order valence-electron chi connectivity index (χ4n) is 2.68. The van der Waals surface area contributed by atoms with Crippen molar-refractivity contribution in [3.05, 3.63) is 17.7 Å². The van der Waals surface area contributed by atoms with Crippen LogP contribution in [0.3, 0.4) is 0 Å². The average molecular weight is 294 g/mol. The molecule has 0 spiro atoms. The zero-order valence-electron chi connectivity index (χ0n) is 13.6. The molecule has 1 aromatic rings. The van der Waals surface area contributed by atoms with Crippen molar-refractivity contribution in [2.45, 2.75) is 84.6 Å². The first-order chi connectivity index (χ1) is 10.2. The lowest BCUT2D eigenvalue weighted by Gasteiger charge is -2.07. The maximum atomic E-state index is 11.1.